The molecule has 134 valence electrons. The summed E-state index contributed by atoms with van der Waals surface area (Å²) in [5, 5.41) is 0. The quantitative estimate of drug-likeness (QED) is 0.854. The highest BCUT2D eigenvalue weighted by atomic mass is 16.2. The first kappa shape index (κ1) is 15.6. The molecule has 0 saturated heterocycles. The Morgan fingerprint density at radius 1 is 1.15 bits per heavy atom. The number of aromatic nitrogens is 2. The molecule has 1 aromatic heterocycles. The second-order valence-electron chi connectivity index (χ2n) is 7.53. The number of amides is 2. The van der Waals surface area contributed by atoms with E-state index < -0.39 is 0 Å². The van der Waals surface area contributed by atoms with Gasteiger partial charge in [0.25, 0.3) is 11.8 Å². The van der Waals surface area contributed by atoms with Gasteiger partial charge in [0, 0.05) is 38.1 Å². The van der Waals surface area contributed by atoms with Crippen LogP contribution in [0.1, 0.15) is 45.9 Å². The van der Waals surface area contributed by atoms with Gasteiger partial charge in [0.1, 0.15) is 5.69 Å². The van der Waals surface area contributed by atoms with Crippen molar-refractivity contribution in [2.24, 2.45) is 5.92 Å². The zero-order valence-corrected chi connectivity index (χ0v) is 14.7. The predicted molar refractivity (Wildman–Crippen MR) is 97.3 cm³/mol. The molecule has 0 spiro atoms. The van der Waals surface area contributed by atoms with Crippen LogP contribution >= 0.6 is 0 Å². The lowest BCUT2D eigenvalue weighted by Crippen LogP contribution is -2.41. The molecule has 1 saturated carbocycles. The third kappa shape index (κ3) is 2.60. The summed E-state index contributed by atoms with van der Waals surface area (Å²) in [7, 11) is 0. The van der Waals surface area contributed by atoms with Gasteiger partial charge in [0.05, 0.1) is 0 Å². The molecule has 2 amide bonds. The zero-order chi connectivity index (χ0) is 17.7. The molecule has 0 unspecified atom stereocenters. The Balaban J connectivity index is 1.42. The molecule has 5 rings (SSSR count). The number of rotatable bonds is 3. The van der Waals surface area contributed by atoms with Crippen LogP contribution in [0.2, 0.25) is 0 Å². The van der Waals surface area contributed by atoms with Crippen molar-refractivity contribution in [2.45, 2.75) is 32.2 Å². The number of imidazole rings is 1. The van der Waals surface area contributed by atoms with Gasteiger partial charge in [-0.2, -0.15) is 0 Å². The van der Waals surface area contributed by atoms with Gasteiger partial charge in [0.2, 0.25) is 0 Å². The highest BCUT2D eigenvalue weighted by Crippen LogP contribution is 2.31. The number of hydrogen-bond donors (Lipinski definition) is 0. The monoisotopic (exact) mass is 350 g/mol. The van der Waals surface area contributed by atoms with Crippen LogP contribution in [0.5, 0.6) is 0 Å². The summed E-state index contributed by atoms with van der Waals surface area (Å²) < 4.78 is 1.84. The van der Waals surface area contributed by atoms with Crippen LogP contribution in [-0.2, 0) is 13.0 Å². The number of para-hydroxylation sites is 1. The van der Waals surface area contributed by atoms with Crippen LogP contribution in [-0.4, -0.2) is 45.9 Å². The van der Waals surface area contributed by atoms with Crippen molar-refractivity contribution < 1.29 is 9.59 Å². The van der Waals surface area contributed by atoms with Gasteiger partial charge in [-0.3, -0.25) is 9.59 Å². The average Bonchev–Trinajstić information content (AvgIpc) is 3.38. The highest BCUT2D eigenvalue weighted by Gasteiger charge is 2.33. The smallest absolute Gasteiger partial charge is 0.289 e. The van der Waals surface area contributed by atoms with Crippen molar-refractivity contribution in [3.8, 4) is 0 Å². The van der Waals surface area contributed by atoms with Crippen LogP contribution in [0.4, 0.5) is 5.69 Å². The summed E-state index contributed by atoms with van der Waals surface area (Å²) in [6.07, 6.45) is 6.13. The number of benzene rings is 1. The Bertz CT molecular complexity index is 884. The lowest BCUT2D eigenvalue weighted by atomic mass is 10.0. The lowest BCUT2D eigenvalue weighted by Gasteiger charge is -2.28. The molecular formula is C20H22N4O2. The fraction of sp³-hybridized carbons (Fsp3) is 0.450. The van der Waals surface area contributed by atoms with Crippen molar-refractivity contribution in [2.75, 3.05) is 24.5 Å². The maximum Gasteiger partial charge on any atom is 0.289 e. The Kier molecular flexibility index (Phi) is 3.58. The zero-order valence-electron chi connectivity index (χ0n) is 14.7. The molecule has 0 N–H and O–H groups in total. The molecule has 6 nitrogen and oxygen atoms in total. The number of hydrogen-bond acceptors (Lipinski definition) is 3. The number of carbonyl (C=O) groups excluding carboxylic acids is 2. The van der Waals surface area contributed by atoms with E-state index >= 15 is 0 Å². The molecule has 2 aliphatic heterocycles. The van der Waals surface area contributed by atoms with Crippen LogP contribution in [0.3, 0.4) is 0 Å². The highest BCUT2D eigenvalue weighted by molar-refractivity contribution is 6.06. The number of fused-ring (bicyclic) bond motifs is 2. The van der Waals surface area contributed by atoms with Crippen molar-refractivity contribution in [1.29, 1.82) is 0 Å². The Morgan fingerprint density at radius 3 is 2.85 bits per heavy atom. The van der Waals surface area contributed by atoms with Crippen LogP contribution < -0.4 is 4.90 Å². The standard InChI is InChI=1S/C20H22N4O2/c25-19(24-9-3-5-15-4-1-2-6-17(15)24)16-13-22-10-11-23(12-14-7-8-14)20(26)18(22)21-16/h1-2,4,6,13-14H,3,5,7-12H2. The molecule has 6 heteroatoms. The van der Waals surface area contributed by atoms with Gasteiger partial charge in [-0.05, 0) is 43.2 Å². The fourth-order valence-corrected chi connectivity index (χ4v) is 4.00. The summed E-state index contributed by atoms with van der Waals surface area (Å²) in [5.41, 5.74) is 2.54. The maximum absolute atomic E-state index is 13.1. The van der Waals surface area contributed by atoms with E-state index in [4.69, 9.17) is 0 Å². The summed E-state index contributed by atoms with van der Waals surface area (Å²) in [5.74, 6) is 0.916. The van der Waals surface area contributed by atoms with Crippen LogP contribution in [0, 0.1) is 5.92 Å². The van der Waals surface area contributed by atoms with E-state index in [1.165, 1.54) is 18.4 Å². The first-order valence-electron chi connectivity index (χ1n) is 9.47. The molecule has 26 heavy (non-hydrogen) atoms. The number of aryl methyl sites for hydroxylation is 1. The van der Waals surface area contributed by atoms with Gasteiger partial charge in [-0.25, -0.2) is 4.98 Å². The summed E-state index contributed by atoms with van der Waals surface area (Å²) in [6.45, 7) is 2.94. The van der Waals surface area contributed by atoms with Crippen molar-refractivity contribution in [3.05, 3.63) is 47.5 Å². The van der Waals surface area contributed by atoms with Gasteiger partial charge < -0.3 is 14.4 Å². The first-order valence-corrected chi connectivity index (χ1v) is 9.47. The first-order chi connectivity index (χ1) is 12.7. The molecule has 2 aromatic rings. The summed E-state index contributed by atoms with van der Waals surface area (Å²) in [6, 6.07) is 8.04. The number of nitrogens with zero attached hydrogens (tertiary/aromatic N) is 4. The Hall–Kier alpha value is -2.63. The van der Waals surface area contributed by atoms with E-state index in [0.717, 1.165) is 25.1 Å². The van der Waals surface area contributed by atoms with Crippen LogP contribution in [0.25, 0.3) is 0 Å². The van der Waals surface area contributed by atoms with Crippen molar-refractivity contribution in [1.82, 2.24) is 14.5 Å². The molecule has 3 aliphatic rings. The van der Waals surface area contributed by atoms with E-state index in [9.17, 15) is 9.59 Å². The normalized spacial score (nSPS) is 19.3. The third-order valence-electron chi connectivity index (χ3n) is 5.62. The van der Waals surface area contributed by atoms with E-state index in [0.29, 0.717) is 37.1 Å². The van der Waals surface area contributed by atoms with Gasteiger partial charge >= 0.3 is 0 Å². The minimum atomic E-state index is -0.111. The molecule has 0 bridgehead atoms. The molecular weight excluding hydrogens is 328 g/mol. The van der Waals surface area contributed by atoms with Gasteiger partial charge in [-0.1, -0.05) is 18.2 Å². The second-order valence-corrected chi connectivity index (χ2v) is 7.53. The number of anilines is 1. The van der Waals surface area contributed by atoms with E-state index in [2.05, 4.69) is 11.1 Å². The van der Waals surface area contributed by atoms with E-state index in [-0.39, 0.29) is 11.8 Å². The summed E-state index contributed by atoms with van der Waals surface area (Å²) in [4.78, 5) is 33.9. The molecule has 0 radical (unpaired) electrons. The topological polar surface area (TPSA) is 58.4 Å². The van der Waals surface area contributed by atoms with Crippen molar-refractivity contribution in [3.63, 3.8) is 0 Å². The van der Waals surface area contributed by atoms with Gasteiger partial charge in [0.15, 0.2) is 5.82 Å². The minimum absolute atomic E-state index is 0.0405. The SMILES string of the molecule is O=C1c2nc(C(=O)N3CCCc4ccccc43)cn2CCN1CC1CC1. The predicted octanol–water partition coefficient (Wildman–Crippen LogP) is 2.34. The average molecular weight is 350 g/mol. The molecule has 0 atom stereocenters. The second kappa shape index (κ2) is 5.97. The fourth-order valence-electron chi connectivity index (χ4n) is 4.00. The maximum atomic E-state index is 13.1. The molecule has 3 heterocycles. The Morgan fingerprint density at radius 2 is 2.00 bits per heavy atom. The van der Waals surface area contributed by atoms with Crippen LogP contribution in [0.15, 0.2) is 30.5 Å². The lowest BCUT2D eigenvalue weighted by molar-refractivity contribution is 0.0688. The van der Waals surface area contributed by atoms with E-state index in [1.807, 2.05) is 27.7 Å². The minimum Gasteiger partial charge on any atom is -0.334 e. The largest absolute Gasteiger partial charge is 0.334 e. The van der Waals surface area contributed by atoms with E-state index in [1.54, 1.807) is 11.1 Å². The molecule has 1 aliphatic carbocycles. The summed E-state index contributed by atoms with van der Waals surface area (Å²) >= 11 is 0. The van der Waals surface area contributed by atoms with Gasteiger partial charge in [-0.15, -0.1) is 0 Å². The molecule has 1 fully saturated rings. The number of carbonyl (C=O) groups is 2. The molecule has 1 aromatic carbocycles. The van der Waals surface area contributed by atoms with Crippen molar-refractivity contribution >= 4 is 17.5 Å². The third-order valence-corrected chi connectivity index (χ3v) is 5.62. The Labute approximate surface area is 152 Å².